The van der Waals surface area contributed by atoms with Crippen LogP contribution in [0.4, 0.5) is 0 Å². The van der Waals surface area contributed by atoms with Crippen molar-refractivity contribution in [1.29, 1.82) is 0 Å². The Morgan fingerprint density at radius 2 is 2.23 bits per heavy atom. The zero-order valence-corrected chi connectivity index (χ0v) is 6.88. The fourth-order valence-electron chi connectivity index (χ4n) is 1.62. The highest BCUT2D eigenvalue weighted by atomic mass is 15.0. The van der Waals surface area contributed by atoms with Crippen LogP contribution in [0.15, 0.2) is 34.4 Å². The normalized spacial score (nSPS) is 22.5. The summed E-state index contributed by atoms with van der Waals surface area (Å²) in [5, 5.41) is 0. The third-order valence-corrected chi connectivity index (χ3v) is 2.25. The number of rotatable bonds is 0. The Morgan fingerprint density at radius 1 is 1.23 bits per heavy atom. The molecule has 0 aromatic carbocycles. The molecular formula is C10H7N3. The number of pyridine rings is 1. The Hall–Kier alpha value is -1.77. The van der Waals surface area contributed by atoms with E-state index in [1.54, 1.807) is 18.6 Å². The van der Waals surface area contributed by atoms with E-state index in [4.69, 9.17) is 0 Å². The first kappa shape index (κ1) is 6.71. The molecule has 0 bridgehead atoms. The van der Waals surface area contributed by atoms with Crippen LogP contribution in [0.2, 0.25) is 0 Å². The molecule has 0 fully saturated rings. The van der Waals surface area contributed by atoms with Crippen LogP contribution >= 0.6 is 0 Å². The molecule has 0 radical (unpaired) electrons. The van der Waals surface area contributed by atoms with Crippen molar-refractivity contribution >= 4 is 18.0 Å². The van der Waals surface area contributed by atoms with Gasteiger partial charge in [0.15, 0.2) is 6.17 Å². The predicted octanol–water partition coefficient (Wildman–Crippen LogP) is 1.31. The number of hydrogen-bond donors (Lipinski definition) is 0. The smallest absolute Gasteiger partial charge is 0.165 e. The van der Waals surface area contributed by atoms with Crippen molar-refractivity contribution in [2.75, 3.05) is 0 Å². The van der Waals surface area contributed by atoms with E-state index < -0.39 is 0 Å². The molecule has 3 rings (SSSR count). The van der Waals surface area contributed by atoms with Crippen LogP contribution in [-0.2, 0) is 0 Å². The van der Waals surface area contributed by atoms with Gasteiger partial charge in [0.05, 0.1) is 11.9 Å². The minimum absolute atomic E-state index is 0.0169. The molecule has 62 valence electrons. The zero-order chi connectivity index (χ0) is 8.67. The molecule has 0 saturated carbocycles. The van der Waals surface area contributed by atoms with Crippen molar-refractivity contribution in [2.45, 2.75) is 6.17 Å². The van der Waals surface area contributed by atoms with Gasteiger partial charge in [-0.05, 0) is 12.1 Å². The molecule has 1 unspecified atom stereocenters. The van der Waals surface area contributed by atoms with E-state index >= 15 is 0 Å². The molecule has 0 spiro atoms. The largest absolute Gasteiger partial charge is 0.262 e. The molecule has 13 heavy (non-hydrogen) atoms. The maximum absolute atomic E-state index is 4.28. The molecule has 3 heterocycles. The van der Waals surface area contributed by atoms with Crippen molar-refractivity contribution < 1.29 is 0 Å². The minimum atomic E-state index is -0.0169. The molecule has 1 atom stereocenters. The molecule has 2 aliphatic rings. The Kier molecular flexibility index (Phi) is 1.22. The number of nitrogens with zero attached hydrogens (tertiary/aromatic N) is 3. The van der Waals surface area contributed by atoms with Gasteiger partial charge in [0.2, 0.25) is 0 Å². The van der Waals surface area contributed by atoms with Crippen LogP contribution in [0.3, 0.4) is 0 Å². The summed E-state index contributed by atoms with van der Waals surface area (Å²) in [5.41, 5.74) is 3.25. The lowest BCUT2D eigenvalue weighted by molar-refractivity contribution is 0.908. The third-order valence-electron chi connectivity index (χ3n) is 2.25. The second-order valence-electron chi connectivity index (χ2n) is 3.01. The van der Waals surface area contributed by atoms with Gasteiger partial charge in [-0.2, -0.15) is 0 Å². The fraction of sp³-hybridized carbons (Fsp3) is 0.100. The van der Waals surface area contributed by atoms with Crippen molar-refractivity contribution in [2.24, 2.45) is 9.98 Å². The SMILES string of the molecule is C1=NC2N=Cc3ncccc3C2=C1. The van der Waals surface area contributed by atoms with Crippen LogP contribution in [-0.4, -0.2) is 23.6 Å². The summed E-state index contributed by atoms with van der Waals surface area (Å²) < 4.78 is 0. The van der Waals surface area contributed by atoms with E-state index in [-0.39, 0.29) is 6.17 Å². The second kappa shape index (κ2) is 2.36. The van der Waals surface area contributed by atoms with Crippen molar-refractivity contribution in [1.82, 2.24) is 4.98 Å². The van der Waals surface area contributed by atoms with Crippen molar-refractivity contribution in [3.8, 4) is 0 Å². The Morgan fingerprint density at radius 3 is 3.23 bits per heavy atom. The first-order valence-corrected chi connectivity index (χ1v) is 4.17. The molecule has 1 aromatic heterocycles. The quantitative estimate of drug-likeness (QED) is 0.577. The van der Waals surface area contributed by atoms with E-state index in [0.29, 0.717) is 0 Å². The molecule has 0 saturated heterocycles. The van der Waals surface area contributed by atoms with Gasteiger partial charge in [-0.1, -0.05) is 6.07 Å². The summed E-state index contributed by atoms with van der Waals surface area (Å²) in [6.45, 7) is 0. The summed E-state index contributed by atoms with van der Waals surface area (Å²) in [6, 6.07) is 4.00. The monoisotopic (exact) mass is 169 g/mol. The lowest BCUT2D eigenvalue weighted by Crippen LogP contribution is -2.10. The topological polar surface area (TPSA) is 37.6 Å². The van der Waals surface area contributed by atoms with Gasteiger partial charge in [-0.3, -0.25) is 15.0 Å². The van der Waals surface area contributed by atoms with E-state index in [2.05, 4.69) is 21.0 Å². The van der Waals surface area contributed by atoms with Gasteiger partial charge in [-0.15, -0.1) is 0 Å². The number of hydrogen-bond acceptors (Lipinski definition) is 3. The van der Waals surface area contributed by atoms with E-state index in [9.17, 15) is 0 Å². The predicted molar refractivity (Wildman–Crippen MR) is 52.1 cm³/mol. The van der Waals surface area contributed by atoms with Gasteiger partial charge >= 0.3 is 0 Å². The van der Waals surface area contributed by atoms with E-state index in [0.717, 1.165) is 16.8 Å². The molecule has 2 aliphatic heterocycles. The number of aromatic nitrogens is 1. The van der Waals surface area contributed by atoms with Crippen LogP contribution in [0, 0.1) is 0 Å². The maximum Gasteiger partial charge on any atom is 0.165 e. The van der Waals surface area contributed by atoms with Crippen LogP contribution in [0.5, 0.6) is 0 Å². The molecule has 1 aromatic rings. The average Bonchev–Trinajstić information content (AvgIpc) is 2.65. The standard InChI is InChI=1S/C10H7N3/c1-2-7-8-3-5-12-10(8)13-6-9(7)11-4-1/h1-6,10H. The Labute approximate surface area is 75.6 Å². The summed E-state index contributed by atoms with van der Waals surface area (Å²) >= 11 is 0. The number of aliphatic imine (C=N–C) groups is 2. The molecule has 0 N–H and O–H groups in total. The summed E-state index contributed by atoms with van der Waals surface area (Å²) in [6.07, 6.45) is 7.36. The fourth-order valence-corrected chi connectivity index (χ4v) is 1.62. The zero-order valence-electron chi connectivity index (χ0n) is 6.88. The Balaban J connectivity index is 2.25. The number of fused-ring (bicyclic) bond motifs is 3. The molecule has 0 aliphatic carbocycles. The molecular weight excluding hydrogens is 162 g/mol. The van der Waals surface area contributed by atoms with Crippen molar-refractivity contribution in [3.05, 3.63) is 35.7 Å². The number of allylic oxidation sites excluding steroid dienone is 1. The second-order valence-corrected chi connectivity index (χ2v) is 3.01. The van der Waals surface area contributed by atoms with Gasteiger partial charge in [0.1, 0.15) is 0 Å². The Bertz CT molecular complexity index is 443. The maximum atomic E-state index is 4.28. The van der Waals surface area contributed by atoms with Gasteiger partial charge in [-0.25, -0.2) is 0 Å². The van der Waals surface area contributed by atoms with Crippen LogP contribution in [0.1, 0.15) is 11.3 Å². The molecule has 3 heteroatoms. The highest BCUT2D eigenvalue weighted by Gasteiger charge is 2.22. The van der Waals surface area contributed by atoms with Crippen LogP contribution in [0.25, 0.3) is 5.57 Å². The van der Waals surface area contributed by atoms with E-state index in [1.807, 2.05) is 12.1 Å². The average molecular weight is 169 g/mol. The summed E-state index contributed by atoms with van der Waals surface area (Å²) in [4.78, 5) is 12.7. The highest BCUT2D eigenvalue weighted by Crippen LogP contribution is 2.28. The summed E-state index contributed by atoms with van der Waals surface area (Å²) in [7, 11) is 0. The van der Waals surface area contributed by atoms with Gasteiger partial charge in [0, 0.05) is 23.5 Å². The van der Waals surface area contributed by atoms with E-state index in [1.165, 1.54) is 0 Å². The lowest BCUT2D eigenvalue weighted by atomic mass is 10.0. The third kappa shape index (κ3) is 0.869. The van der Waals surface area contributed by atoms with Gasteiger partial charge in [0.25, 0.3) is 0 Å². The van der Waals surface area contributed by atoms with Crippen molar-refractivity contribution in [3.63, 3.8) is 0 Å². The van der Waals surface area contributed by atoms with Crippen LogP contribution < -0.4 is 0 Å². The molecule has 0 amide bonds. The first-order chi connectivity index (χ1) is 6.45. The van der Waals surface area contributed by atoms with Gasteiger partial charge < -0.3 is 0 Å². The highest BCUT2D eigenvalue weighted by molar-refractivity contribution is 5.99. The first-order valence-electron chi connectivity index (χ1n) is 4.17. The lowest BCUT2D eigenvalue weighted by Gasteiger charge is -2.14. The molecule has 3 nitrogen and oxygen atoms in total. The summed E-state index contributed by atoms with van der Waals surface area (Å²) in [5.74, 6) is 0. The minimum Gasteiger partial charge on any atom is -0.262 e.